The molecule has 0 spiro atoms. The molecule has 1 aliphatic heterocycles. The molecule has 0 amide bonds. The Kier molecular flexibility index (Phi) is 7.01. The Morgan fingerprint density at radius 1 is 1.19 bits per heavy atom. The van der Waals surface area contributed by atoms with Crippen LogP contribution < -0.4 is 5.32 Å². The van der Waals surface area contributed by atoms with E-state index >= 15 is 0 Å². The molecule has 3 heteroatoms. The molecular formula is C13H28N2O. The van der Waals surface area contributed by atoms with Crippen LogP contribution in [-0.2, 0) is 4.74 Å². The van der Waals surface area contributed by atoms with E-state index in [1.165, 1.54) is 45.3 Å². The number of nitrogens with zero attached hydrogens (tertiary/aromatic N) is 1. The number of likely N-dealkylation sites (tertiary alicyclic amines) is 1. The number of piperidine rings is 1. The Bertz CT molecular complexity index is 165. The van der Waals surface area contributed by atoms with Gasteiger partial charge in [-0.2, -0.15) is 0 Å². The largest absolute Gasteiger partial charge is 0.380 e. The summed E-state index contributed by atoms with van der Waals surface area (Å²) in [6, 6.07) is 0.450. The van der Waals surface area contributed by atoms with E-state index in [-0.39, 0.29) is 0 Å². The van der Waals surface area contributed by atoms with Gasteiger partial charge < -0.3 is 15.0 Å². The number of ether oxygens (including phenoxy) is 1. The lowest BCUT2D eigenvalue weighted by Crippen LogP contribution is -2.38. The lowest BCUT2D eigenvalue weighted by molar-refractivity contribution is 0.0882. The quantitative estimate of drug-likeness (QED) is 0.673. The van der Waals surface area contributed by atoms with Crippen molar-refractivity contribution in [1.29, 1.82) is 0 Å². The highest BCUT2D eigenvalue weighted by Gasteiger charge is 2.11. The molecule has 1 heterocycles. The van der Waals surface area contributed by atoms with E-state index in [1.807, 2.05) is 0 Å². The van der Waals surface area contributed by atoms with E-state index in [4.69, 9.17) is 4.74 Å². The zero-order valence-electron chi connectivity index (χ0n) is 11.2. The summed E-state index contributed by atoms with van der Waals surface area (Å²) in [5, 5.41) is 3.52. The Hall–Kier alpha value is -0.120. The minimum atomic E-state index is 0.301. The first-order valence-electron chi connectivity index (χ1n) is 6.72. The average molecular weight is 228 g/mol. The molecule has 0 radical (unpaired) electrons. The molecule has 0 aromatic heterocycles. The molecule has 0 saturated carbocycles. The predicted octanol–water partition coefficient (Wildman–Crippen LogP) is 1.88. The Morgan fingerprint density at radius 3 is 2.50 bits per heavy atom. The van der Waals surface area contributed by atoms with Crippen molar-refractivity contribution in [1.82, 2.24) is 10.2 Å². The van der Waals surface area contributed by atoms with Crippen LogP contribution in [0, 0.1) is 0 Å². The zero-order chi connectivity index (χ0) is 11.8. The molecule has 16 heavy (non-hydrogen) atoms. The summed E-state index contributed by atoms with van der Waals surface area (Å²) < 4.78 is 5.29. The molecule has 2 unspecified atom stereocenters. The molecule has 2 atom stereocenters. The van der Waals surface area contributed by atoms with Crippen LogP contribution >= 0.6 is 0 Å². The summed E-state index contributed by atoms with van der Waals surface area (Å²) in [6.45, 7) is 9.28. The highest BCUT2D eigenvalue weighted by atomic mass is 16.5. The third kappa shape index (κ3) is 5.28. The van der Waals surface area contributed by atoms with Crippen molar-refractivity contribution in [2.24, 2.45) is 0 Å². The van der Waals surface area contributed by atoms with Crippen LogP contribution in [-0.4, -0.2) is 50.3 Å². The van der Waals surface area contributed by atoms with Crippen molar-refractivity contribution < 1.29 is 4.74 Å². The smallest absolute Gasteiger partial charge is 0.0693 e. The maximum Gasteiger partial charge on any atom is 0.0693 e. The first kappa shape index (κ1) is 13.9. The minimum absolute atomic E-state index is 0.301. The third-order valence-corrected chi connectivity index (χ3v) is 3.64. The maximum atomic E-state index is 5.29. The van der Waals surface area contributed by atoms with Gasteiger partial charge in [0.15, 0.2) is 0 Å². The van der Waals surface area contributed by atoms with Gasteiger partial charge in [0.25, 0.3) is 0 Å². The molecule has 96 valence electrons. The molecule has 0 aromatic carbocycles. The molecule has 1 N–H and O–H groups in total. The van der Waals surface area contributed by atoms with Gasteiger partial charge in [0.2, 0.25) is 0 Å². The van der Waals surface area contributed by atoms with Gasteiger partial charge in [0.1, 0.15) is 0 Å². The van der Waals surface area contributed by atoms with Gasteiger partial charge in [-0.1, -0.05) is 6.42 Å². The summed E-state index contributed by atoms with van der Waals surface area (Å²) in [5.74, 6) is 0. The van der Waals surface area contributed by atoms with E-state index < -0.39 is 0 Å². The second kappa shape index (κ2) is 8.04. The summed E-state index contributed by atoms with van der Waals surface area (Å²) in [5.41, 5.74) is 0. The maximum absolute atomic E-state index is 5.29. The summed E-state index contributed by atoms with van der Waals surface area (Å²) >= 11 is 0. The highest BCUT2D eigenvalue weighted by Crippen LogP contribution is 2.08. The van der Waals surface area contributed by atoms with Gasteiger partial charge in [0.05, 0.1) is 6.10 Å². The fourth-order valence-corrected chi connectivity index (χ4v) is 2.19. The van der Waals surface area contributed by atoms with Gasteiger partial charge in [-0.15, -0.1) is 0 Å². The second-order valence-corrected chi connectivity index (χ2v) is 4.94. The fraction of sp³-hybridized carbons (Fsp3) is 1.00. The number of rotatable bonds is 7. The Labute approximate surface area is 101 Å². The Balaban J connectivity index is 1.98. The molecule has 0 aliphatic carbocycles. The van der Waals surface area contributed by atoms with Gasteiger partial charge in [-0.25, -0.2) is 0 Å². The topological polar surface area (TPSA) is 24.5 Å². The van der Waals surface area contributed by atoms with E-state index in [0.29, 0.717) is 12.1 Å². The van der Waals surface area contributed by atoms with Crippen LogP contribution in [0.4, 0.5) is 0 Å². The first-order valence-corrected chi connectivity index (χ1v) is 6.72. The van der Waals surface area contributed by atoms with Crippen LogP contribution in [0.25, 0.3) is 0 Å². The average Bonchev–Trinajstić information content (AvgIpc) is 2.34. The van der Waals surface area contributed by atoms with Crippen molar-refractivity contribution in [2.45, 2.75) is 51.7 Å². The van der Waals surface area contributed by atoms with Crippen LogP contribution in [0.1, 0.15) is 39.5 Å². The SMILES string of the molecule is COC(C)C(C)NCCCN1CCCCC1. The van der Waals surface area contributed by atoms with Gasteiger partial charge in [-0.3, -0.25) is 0 Å². The van der Waals surface area contributed by atoms with E-state index in [0.717, 1.165) is 6.54 Å². The molecular weight excluding hydrogens is 200 g/mol. The summed E-state index contributed by atoms with van der Waals surface area (Å²) in [7, 11) is 1.77. The second-order valence-electron chi connectivity index (χ2n) is 4.94. The van der Waals surface area contributed by atoms with Crippen LogP contribution in [0.5, 0.6) is 0 Å². The van der Waals surface area contributed by atoms with Crippen molar-refractivity contribution in [3.8, 4) is 0 Å². The molecule has 0 aromatic rings. The van der Waals surface area contributed by atoms with E-state index in [9.17, 15) is 0 Å². The highest BCUT2D eigenvalue weighted by molar-refractivity contribution is 4.69. The van der Waals surface area contributed by atoms with Gasteiger partial charge in [0, 0.05) is 13.2 Å². The van der Waals surface area contributed by atoms with E-state index in [1.54, 1.807) is 7.11 Å². The van der Waals surface area contributed by atoms with Crippen molar-refractivity contribution in [2.75, 3.05) is 33.3 Å². The molecule has 3 nitrogen and oxygen atoms in total. The number of methoxy groups -OCH3 is 1. The number of hydrogen-bond acceptors (Lipinski definition) is 3. The lowest BCUT2D eigenvalue weighted by Gasteiger charge is -2.27. The fourth-order valence-electron chi connectivity index (χ4n) is 2.19. The molecule has 1 fully saturated rings. The summed E-state index contributed by atoms with van der Waals surface area (Å²) in [4.78, 5) is 2.59. The van der Waals surface area contributed by atoms with Crippen molar-refractivity contribution in [3.05, 3.63) is 0 Å². The zero-order valence-corrected chi connectivity index (χ0v) is 11.2. The minimum Gasteiger partial charge on any atom is -0.380 e. The molecule has 1 aliphatic rings. The van der Waals surface area contributed by atoms with Crippen LogP contribution in [0.2, 0.25) is 0 Å². The molecule has 1 saturated heterocycles. The summed E-state index contributed by atoms with van der Waals surface area (Å²) in [6.07, 6.45) is 5.77. The van der Waals surface area contributed by atoms with Gasteiger partial charge >= 0.3 is 0 Å². The third-order valence-electron chi connectivity index (χ3n) is 3.64. The molecule has 1 rings (SSSR count). The van der Waals surface area contributed by atoms with Crippen molar-refractivity contribution >= 4 is 0 Å². The number of hydrogen-bond donors (Lipinski definition) is 1. The lowest BCUT2D eigenvalue weighted by atomic mass is 10.1. The number of nitrogens with one attached hydrogen (secondary N) is 1. The van der Waals surface area contributed by atoms with Crippen LogP contribution in [0.3, 0.4) is 0 Å². The Morgan fingerprint density at radius 2 is 1.88 bits per heavy atom. The van der Waals surface area contributed by atoms with Crippen molar-refractivity contribution in [3.63, 3.8) is 0 Å². The predicted molar refractivity (Wildman–Crippen MR) is 68.8 cm³/mol. The van der Waals surface area contributed by atoms with Crippen LogP contribution in [0.15, 0.2) is 0 Å². The van der Waals surface area contributed by atoms with E-state index in [2.05, 4.69) is 24.1 Å². The molecule has 0 bridgehead atoms. The monoisotopic (exact) mass is 228 g/mol. The normalized spacial score (nSPS) is 21.9. The first-order chi connectivity index (χ1) is 7.74. The standard InChI is InChI=1S/C13H28N2O/c1-12(13(2)16-3)14-8-7-11-15-9-5-4-6-10-15/h12-14H,4-11H2,1-3H3. The van der Waals surface area contributed by atoms with Gasteiger partial charge in [-0.05, 0) is 59.3 Å².